The second-order valence-corrected chi connectivity index (χ2v) is 6.28. The molecule has 0 amide bonds. The van der Waals surface area contributed by atoms with Crippen LogP contribution in [-0.4, -0.2) is 6.54 Å². The van der Waals surface area contributed by atoms with E-state index in [0.29, 0.717) is 0 Å². The van der Waals surface area contributed by atoms with Crippen molar-refractivity contribution in [2.75, 3.05) is 11.9 Å². The Morgan fingerprint density at radius 2 is 1.88 bits per heavy atom. The molecule has 16 heavy (non-hydrogen) atoms. The number of nitrogens with one attached hydrogen (secondary N) is 1. The van der Waals surface area contributed by atoms with Gasteiger partial charge in [0.05, 0.1) is 0 Å². The molecule has 0 spiro atoms. The van der Waals surface area contributed by atoms with Crippen LogP contribution >= 0.6 is 31.9 Å². The van der Waals surface area contributed by atoms with Gasteiger partial charge in [0.1, 0.15) is 0 Å². The minimum Gasteiger partial charge on any atom is -0.384 e. The Morgan fingerprint density at radius 1 is 1.12 bits per heavy atom. The van der Waals surface area contributed by atoms with Gasteiger partial charge in [-0.15, -0.1) is 0 Å². The SMILES string of the molecule is Brc1ccc(Br)c(NCC2CCCCC2)c1. The lowest BCUT2D eigenvalue weighted by Gasteiger charge is -2.22. The molecule has 1 fully saturated rings. The molecule has 0 bridgehead atoms. The third-order valence-electron chi connectivity index (χ3n) is 3.23. The molecule has 0 aromatic heterocycles. The first-order valence-electron chi connectivity index (χ1n) is 5.94. The summed E-state index contributed by atoms with van der Waals surface area (Å²) in [6.07, 6.45) is 7.02. The van der Waals surface area contributed by atoms with Gasteiger partial charge in [-0.1, -0.05) is 35.2 Å². The van der Waals surface area contributed by atoms with E-state index in [1.165, 1.54) is 37.8 Å². The first kappa shape index (κ1) is 12.4. The summed E-state index contributed by atoms with van der Waals surface area (Å²) in [4.78, 5) is 0. The molecule has 0 unspecified atom stereocenters. The maximum atomic E-state index is 3.57. The van der Waals surface area contributed by atoms with E-state index in [0.717, 1.165) is 21.4 Å². The molecule has 0 saturated heterocycles. The normalized spacial score (nSPS) is 17.4. The summed E-state index contributed by atoms with van der Waals surface area (Å²) in [5, 5.41) is 3.55. The molecule has 3 heteroatoms. The lowest BCUT2D eigenvalue weighted by Crippen LogP contribution is -2.17. The second-order valence-electron chi connectivity index (χ2n) is 4.51. The van der Waals surface area contributed by atoms with Crippen molar-refractivity contribution in [1.29, 1.82) is 0 Å². The van der Waals surface area contributed by atoms with Crippen LogP contribution in [0.4, 0.5) is 5.69 Å². The molecule has 1 aromatic carbocycles. The summed E-state index contributed by atoms with van der Waals surface area (Å²) in [6.45, 7) is 1.11. The van der Waals surface area contributed by atoms with E-state index < -0.39 is 0 Å². The molecule has 0 radical (unpaired) electrons. The second kappa shape index (κ2) is 6.06. The Hall–Kier alpha value is -0.0200. The zero-order valence-electron chi connectivity index (χ0n) is 9.31. The highest BCUT2D eigenvalue weighted by atomic mass is 79.9. The van der Waals surface area contributed by atoms with E-state index in [1.54, 1.807) is 0 Å². The number of benzene rings is 1. The quantitative estimate of drug-likeness (QED) is 0.792. The Balaban J connectivity index is 1.90. The van der Waals surface area contributed by atoms with Crippen molar-refractivity contribution in [3.8, 4) is 0 Å². The number of rotatable bonds is 3. The molecule has 0 heterocycles. The summed E-state index contributed by atoms with van der Waals surface area (Å²) >= 11 is 7.07. The first-order valence-corrected chi connectivity index (χ1v) is 7.53. The molecule has 2 rings (SSSR count). The van der Waals surface area contributed by atoms with Crippen LogP contribution in [0.2, 0.25) is 0 Å². The van der Waals surface area contributed by atoms with Crippen molar-refractivity contribution >= 4 is 37.5 Å². The van der Waals surface area contributed by atoms with Crippen molar-refractivity contribution in [2.45, 2.75) is 32.1 Å². The molecule has 1 nitrogen and oxygen atoms in total. The molecule has 1 N–H and O–H groups in total. The zero-order valence-corrected chi connectivity index (χ0v) is 12.5. The van der Waals surface area contributed by atoms with Crippen LogP contribution < -0.4 is 5.32 Å². The summed E-state index contributed by atoms with van der Waals surface area (Å²) in [6, 6.07) is 6.26. The Morgan fingerprint density at radius 3 is 2.62 bits per heavy atom. The van der Waals surface area contributed by atoms with Crippen molar-refractivity contribution in [3.05, 3.63) is 27.1 Å². The topological polar surface area (TPSA) is 12.0 Å². The van der Waals surface area contributed by atoms with Crippen LogP contribution in [0.25, 0.3) is 0 Å². The highest BCUT2D eigenvalue weighted by Crippen LogP contribution is 2.28. The zero-order chi connectivity index (χ0) is 11.4. The maximum absolute atomic E-state index is 3.57. The maximum Gasteiger partial charge on any atom is 0.0496 e. The lowest BCUT2D eigenvalue weighted by molar-refractivity contribution is 0.373. The Labute approximate surface area is 114 Å². The van der Waals surface area contributed by atoms with E-state index in [9.17, 15) is 0 Å². The van der Waals surface area contributed by atoms with Gasteiger partial charge in [-0.3, -0.25) is 0 Å². The van der Waals surface area contributed by atoms with Crippen molar-refractivity contribution in [1.82, 2.24) is 0 Å². The van der Waals surface area contributed by atoms with Crippen LogP contribution in [0.15, 0.2) is 27.1 Å². The van der Waals surface area contributed by atoms with Gasteiger partial charge < -0.3 is 5.32 Å². The first-order chi connectivity index (χ1) is 7.75. The molecular weight excluding hydrogens is 330 g/mol. The number of hydrogen-bond donors (Lipinski definition) is 1. The minimum absolute atomic E-state index is 0.861. The van der Waals surface area contributed by atoms with Crippen LogP contribution in [0.3, 0.4) is 0 Å². The molecule has 1 aliphatic carbocycles. The van der Waals surface area contributed by atoms with Gasteiger partial charge >= 0.3 is 0 Å². The average molecular weight is 347 g/mol. The van der Waals surface area contributed by atoms with Crippen molar-refractivity contribution in [3.63, 3.8) is 0 Å². The Kier molecular flexibility index (Phi) is 4.71. The highest BCUT2D eigenvalue weighted by Gasteiger charge is 2.13. The van der Waals surface area contributed by atoms with Gasteiger partial charge in [0.15, 0.2) is 0 Å². The van der Waals surface area contributed by atoms with E-state index in [-0.39, 0.29) is 0 Å². The van der Waals surface area contributed by atoms with E-state index >= 15 is 0 Å². The molecule has 88 valence electrons. The fraction of sp³-hybridized carbons (Fsp3) is 0.538. The summed E-state index contributed by atoms with van der Waals surface area (Å²) < 4.78 is 2.27. The third kappa shape index (κ3) is 3.49. The molecule has 0 aliphatic heterocycles. The van der Waals surface area contributed by atoms with Gasteiger partial charge in [-0.2, -0.15) is 0 Å². The van der Waals surface area contributed by atoms with Gasteiger partial charge in [0, 0.05) is 21.2 Å². The van der Waals surface area contributed by atoms with Crippen LogP contribution in [0.1, 0.15) is 32.1 Å². The fourth-order valence-corrected chi connectivity index (χ4v) is 3.03. The molecule has 1 aliphatic rings. The number of halogens is 2. The smallest absolute Gasteiger partial charge is 0.0496 e. The number of anilines is 1. The third-order valence-corrected chi connectivity index (χ3v) is 4.42. The summed E-state index contributed by atoms with van der Waals surface area (Å²) in [7, 11) is 0. The van der Waals surface area contributed by atoms with E-state index in [4.69, 9.17) is 0 Å². The van der Waals surface area contributed by atoms with E-state index in [1.807, 2.05) is 0 Å². The lowest BCUT2D eigenvalue weighted by atomic mass is 9.89. The van der Waals surface area contributed by atoms with Crippen molar-refractivity contribution < 1.29 is 0 Å². The standard InChI is InChI=1S/C13H17Br2N/c14-11-6-7-12(15)13(8-11)16-9-10-4-2-1-3-5-10/h6-8,10,16H,1-5,9H2. The van der Waals surface area contributed by atoms with Gasteiger partial charge in [-0.05, 0) is 52.9 Å². The fourth-order valence-electron chi connectivity index (χ4n) is 2.28. The summed E-state index contributed by atoms with van der Waals surface area (Å²) in [5.41, 5.74) is 1.19. The Bertz CT molecular complexity index is 346. The molecule has 1 saturated carbocycles. The summed E-state index contributed by atoms with van der Waals surface area (Å²) in [5.74, 6) is 0.861. The van der Waals surface area contributed by atoms with Crippen LogP contribution in [0, 0.1) is 5.92 Å². The highest BCUT2D eigenvalue weighted by molar-refractivity contribution is 9.11. The molecule has 1 aromatic rings. The van der Waals surface area contributed by atoms with Crippen LogP contribution in [0.5, 0.6) is 0 Å². The largest absolute Gasteiger partial charge is 0.384 e. The predicted octanol–water partition coefficient (Wildman–Crippen LogP) is 5.20. The monoisotopic (exact) mass is 345 g/mol. The predicted molar refractivity (Wildman–Crippen MR) is 76.9 cm³/mol. The van der Waals surface area contributed by atoms with E-state index in [2.05, 4.69) is 55.4 Å². The van der Waals surface area contributed by atoms with Gasteiger partial charge in [0.2, 0.25) is 0 Å². The van der Waals surface area contributed by atoms with Gasteiger partial charge in [0.25, 0.3) is 0 Å². The van der Waals surface area contributed by atoms with Crippen molar-refractivity contribution in [2.24, 2.45) is 5.92 Å². The average Bonchev–Trinajstić information content (AvgIpc) is 2.32. The van der Waals surface area contributed by atoms with Gasteiger partial charge in [-0.25, -0.2) is 0 Å². The number of hydrogen-bond acceptors (Lipinski definition) is 1. The minimum atomic E-state index is 0.861. The molecular formula is C13H17Br2N. The van der Waals surface area contributed by atoms with Crippen LogP contribution in [-0.2, 0) is 0 Å². The molecule has 0 atom stereocenters.